The number of hydrogen-bond acceptors (Lipinski definition) is 3. The summed E-state index contributed by atoms with van der Waals surface area (Å²) in [6, 6.07) is 1.61. The lowest BCUT2D eigenvalue weighted by Gasteiger charge is -2.11. The van der Waals surface area contributed by atoms with Crippen LogP contribution in [-0.4, -0.2) is 35.1 Å². The maximum absolute atomic E-state index is 11.6. The summed E-state index contributed by atoms with van der Waals surface area (Å²) in [4.78, 5) is 11.6. The molecule has 2 rings (SSSR count). The predicted octanol–water partition coefficient (Wildman–Crippen LogP) is 1.03. The number of nitrogens with one attached hydrogen (secondary N) is 2. The monoisotopic (exact) mass is 238 g/mol. The highest BCUT2D eigenvalue weighted by molar-refractivity contribution is 5.88. The zero-order valence-corrected chi connectivity index (χ0v) is 10.2. The van der Waals surface area contributed by atoms with Crippen LogP contribution in [0, 0.1) is 6.92 Å². The van der Waals surface area contributed by atoms with Crippen molar-refractivity contribution in [2.45, 2.75) is 25.9 Å². The van der Waals surface area contributed by atoms with Gasteiger partial charge in [0.1, 0.15) is 5.82 Å². The summed E-state index contributed by atoms with van der Waals surface area (Å²) >= 11 is 0. The van der Waals surface area contributed by atoms with E-state index < -0.39 is 0 Å². The number of hydrogen-bond donors (Lipinski definition) is 2. The standard InChI is InChI=1S/C11H18N4O2/c1-8-6-10(15(2)14-8)13-11(16)12-7-9-4-3-5-17-9/h6,9H,3-5,7H2,1-2H3,(H2,12,13,16). The van der Waals surface area contributed by atoms with Crippen molar-refractivity contribution in [3.8, 4) is 0 Å². The Labute approximate surface area is 100 Å². The maximum Gasteiger partial charge on any atom is 0.320 e. The minimum atomic E-state index is -0.219. The fourth-order valence-electron chi connectivity index (χ4n) is 1.90. The summed E-state index contributed by atoms with van der Waals surface area (Å²) in [5.41, 5.74) is 0.877. The number of rotatable bonds is 3. The van der Waals surface area contributed by atoms with Crippen LogP contribution in [-0.2, 0) is 11.8 Å². The molecule has 6 heteroatoms. The first-order valence-corrected chi connectivity index (χ1v) is 5.82. The minimum absolute atomic E-state index is 0.161. The summed E-state index contributed by atoms with van der Waals surface area (Å²) < 4.78 is 7.06. The number of aromatic nitrogens is 2. The molecule has 1 saturated heterocycles. The van der Waals surface area contributed by atoms with Crippen molar-refractivity contribution in [3.63, 3.8) is 0 Å². The van der Waals surface area contributed by atoms with Crippen molar-refractivity contribution in [2.75, 3.05) is 18.5 Å². The number of carbonyl (C=O) groups is 1. The lowest BCUT2D eigenvalue weighted by Crippen LogP contribution is -2.35. The van der Waals surface area contributed by atoms with Crippen molar-refractivity contribution >= 4 is 11.8 Å². The largest absolute Gasteiger partial charge is 0.376 e. The van der Waals surface area contributed by atoms with Gasteiger partial charge in [0.25, 0.3) is 0 Å². The Morgan fingerprint density at radius 2 is 2.53 bits per heavy atom. The number of amides is 2. The van der Waals surface area contributed by atoms with Gasteiger partial charge in [-0.25, -0.2) is 4.79 Å². The van der Waals surface area contributed by atoms with Gasteiger partial charge in [-0.05, 0) is 19.8 Å². The molecule has 1 aromatic heterocycles. The van der Waals surface area contributed by atoms with Gasteiger partial charge in [-0.3, -0.25) is 10.00 Å². The maximum atomic E-state index is 11.6. The Morgan fingerprint density at radius 1 is 1.71 bits per heavy atom. The molecule has 0 radical (unpaired) electrons. The van der Waals surface area contributed by atoms with Crippen LogP contribution in [0.2, 0.25) is 0 Å². The van der Waals surface area contributed by atoms with E-state index in [1.54, 1.807) is 11.7 Å². The first-order chi connectivity index (χ1) is 8.15. The third kappa shape index (κ3) is 3.20. The van der Waals surface area contributed by atoms with E-state index in [1.165, 1.54) is 0 Å². The molecule has 1 aromatic rings. The quantitative estimate of drug-likeness (QED) is 0.826. The third-order valence-corrected chi connectivity index (χ3v) is 2.76. The van der Waals surface area contributed by atoms with Crippen LogP contribution in [0.3, 0.4) is 0 Å². The van der Waals surface area contributed by atoms with E-state index in [2.05, 4.69) is 15.7 Å². The highest BCUT2D eigenvalue weighted by Gasteiger charge is 2.16. The lowest BCUT2D eigenvalue weighted by atomic mass is 10.2. The van der Waals surface area contributed by atoms with Gasteiger partial charge in [0.15, 0.2) is 0 Å². The summed E-state index contributed by atoms with van der Waals surface area (Å²) in [6.45, 7) is 3.24. The van der Waals surface area contributed by atoms with Gasteiger partial charge in [-0.15, -0.1) is 0 Å². The molecule has 2 amide bonds. The zero-order chi connectivity index (χ0) is 12.3. The topological polar surface area (TPSA) is 68.2 Å². The van der Waals surface area contributed by atoms with E-state index >= 15 is 0 Å². The molecule has 1 unspecified atom stereocenters. The van der Waals surface area contributed by atoms with Crippen LogP contribution in [0.1, 0.15) is 18.5 Å². The zero-order valence-electron chi connectivity index (χ0n) is 10.2. The van der Waals surface area contributed by atoms with E-state index in [0.29, 0.717) is 12.4 Å². The van der Waals surface area contributed by atoms with Crippen LogP contribution in [0.15, 0.2) is 6.07 Å². The molecule has 0 bridgehead atoms. The molecule has 1 atom stereocenters. The van der Waals surface area contributed by atoms with Crippen molar-refractivity contribution in [3.05, 3.63) is 11.8 Å². The SMILES string of the molecule is Cc1cc(NC(=O)NCC2CCCO2)n(C)n1. The Bertz CT molecular complexity index is 396. The third-order valence-electron chi connectivity index (χ3n) is 2.76. The first-order valence-electron chi connectivity index (χ1n) is 5.82. The van der Waals surface area contributed by atoms with E-state index in [-0.39, 0.29) is 12.1 Å². The molecule has 1 fully saturated rings. The van der Waals surface area contributed by atoms with E-state index in [4.69, 9.17) is 4.74 Å². The minimum Gasteiger partial charge on any atom is -0.376 e. The molecule has 0 aromatic carbocycles. The van der Waals surface area contributed by atoms with Crippen molar-refractivity contribution in [1.82, 2.24) is 15.1 Å². The second kappa shape index (κ2) is 5.18. The molecule has 0 saturated carbocycles. The Hall–Kier alpha value is -1.56. The summed E-state index contributed by atoms with van der Waals surface area (Å²) in [5.74, 6) is 0.687. The number of carbonyl (C=O) groups excluding carboxylic acids is 1. The number of aryl methyl sites for hydroxylation is 2. The molecule has 1 aliphatic heterocycles. The van der Waals surface area contributed by atoms with Crippen LogP contribution in [0.4, 0.5) is 10.6 Å². The fraction of sp³-hybridized carbons (Fsp3) is 0.636. The molecular formula is C11H18N4O2. The van der Waals surface area contributed by atoms with Gasteiger partial charge in [-0.2, -0.15) is 5.10 Å². The van der Waals surface area contributed by atoms with E-state index in [9.17, 15) is 4.79 Å². The van der Waals surface area contributed by atoms with Crippen molar-refractivity contribution < 1.29 is 9.53 Å². The molecular weight excluding hydrogens is 220 g/mol. The van der Waals surface area contributed by atoms with E-state index in [1.807, 2.05) is 13.0 Å². The molecule has 2 heterocycles. The molecule has 0 aliphatic carbocycles. The average Bonchev–Trinajstić information content (AvgIpc) is 2.87. The fourth-order valence-corrected chi connectivity index (χ4v) is 1.90. The Kier molecular flexibility index (Phi) is 3.63. The predicted molar refractivity (Wildman–Crippen MR) is 63.9 cm³/mol. The van der Waals surface area contributed by atoms with Crippen molar-refractivity contribution in [2.24, 2.45) is 7.05 Å². The molecule has 17 heavy (non-hydrogen) atoms. The summed E-state index contributed by atoms with van der Waals surface area (Å²) in [6.07, 6.45) is 2.26. The van der Waals surface area contributed by atoms with Crippen molar-refractivity contribution in [1.29, 1.82) is 0 Å². The second-order valence-corrected chi connectivity index (χ2v) is 4.26. The molecule has 0 spiro atoms. The molecule has 6 nitrogen and oxygen atoms in total. The second-order valence-electron chi connectivity index (χ2n) is 4.26. The van der Waals surface area contributed by atoms with Gasteiger partial charge in [0, 0.05) is 26.3 Å². The molecule has 2 N–H and O–H groups in total. The lowest BCUT2D eigenvalue weighted by molar-refractivity contribution is 0.112. The normalized spacial score (nSPS) is 19.3. The van der Waals surface area contributed by atoms with E-state index in [0.717, 1.165) is 25.1 Å². The van der Waals surface area contributed by atoms with Crippen LogP contribution >= 0.6 is 0 Å². The van der Waals surface area contributed by atoms with Gasteiger partial charge in [-0.1, -0.05) is 0 Å². The molecule has 1 aliphatic rings. The number of urea groups is 1. The Balaban J connectivity index is 1.78. The van der Waals surface area contributed by atoms with Crippen LogP contribution in [0.25, 0.3) is 0 Å². The number of ether oxygens (including phenoxy) is 1. The number of nitrogens with zero attached hydrogens (tertiary/aromatic N) is 2. The summed E-state index contributed by atoms with van der Waals surface area (Å²) in [7, 11) is 1.79. The van der Waals surface area contributed by atoms with Gasteiger partial charge in [0.2, 0.25) is 0 Å². The van der Waals surface area contributed by atoms with Gasteiger partial charge >= 0.3 is 6.03 Å². The Morgan fingerprint density at radius 3 is 3.12 bits per heavy atom. The van der Waals surface area contributed by atoms with Crippen LogP contribution in [0.5, 0.6) is 0 Å². The highest BCUT2D eigenvalue weighted by atomic mass is 16.5. The first kappa shape index (κ1) is 11.9. The summed E-state index contributed by atoms with van der Waals surface area (Å²) in [5, 5.41) is 9.69. The van der Waals surface area contributed by atoms with Gasteiger partial charge in [0.05, 0.1) is 11.8 Å². The van der Waals surface area contributed by atoms with Gasteiger partial charge < -0.3 is 10.1 Å². The highest BCUT2D eigenvalue weighted by Crippen LogP contribution is 2.11. The molecule has 94 valence electrons. The smallest absolute Gasteiger partial charge is 0.320 e. The average molecular weight is 238 g/mol. The van der Waals surface area contributed by atoms with Crippen LogP contribution < -0.4 is 10.6 Å². The number of anilines is 1.